The van der Waals surface area contributed by atoms with Crippen LogP contribution in [0.5, 0.6) is 0 Å². The lowest BCUT2D eigenvalue weighted by Gasteiger charge is -2.21. The van der Waals surface area contributed by atoms with E-state index in [0.29, 0.717) is 30.2 Å². The first-order valence-electron chi connectivity index (χ1n) is 7.58. The molecule has 0 atom stereocenters. The van der Waals surface area contributed by atoms with E-state index in [4.69, 9.17) is 8.83 Å². The van der Waals surface area contributed by atoms with Gasteiger partial charge in [0.1, 0.15) is 17.3 Å². The lowest BCUT2D eigenvalue weighted by Crippen LogP contribution is -2.30. The molecule has 3 heterocycles. The van der Waals surface area contributed by atoms with Crippen LogP contribution in [0.25, 0.3) is 0 Å². The smallest absolute Gasteiger partial charge is 0.259 e. The van der Waals surface area contributed by atoms with E-state index in [1.54, 1.807) is 22.5 Å². The Hall–Kier alpha value is -1.79. The highest BCUT2D eigenvalue weighted by Gasteiger charge is 2.26. The van der Waals surface area contributed by atoms with Gasteiger partial charge in [0.25, 0.3) is 5.91 Å². The molecule has 0 spiro atoms. The zero-order valence-electron chi connectivity index (χ0n) is 13.8. The molecule has 0 aliphatic rings. The van der Waals surface area contributed by atoms with E-state index in [0.717, 1.165) is 15.1 Å². The normalized spacial score (nSPS) is 11.0. The van der Waals surface area contributed by atoms with Crippen molar-refractivity contribution in [3.05, 3.63) is 67.6 Å². The summed E-state index contributed by atoms with van der Waals surface area (Å²) in [6.07, 6.45) is 1.62. The third-order valence-electron chi connectivity index (χ3n) is 3.76. The van der Waals surface area contributed by atoms with Gasteiger partial charge in [-0.05, 0) is 61.0 Å². The number of thiophene rings is 1. The van der Waals surface area contributed by atoms with Gasteiger partial charge >= 0.3 is 0 Å². The maximum atomic E-state index is 13.1. The third-order valence-corrected chi connectivity index (χ3v) is 5.70. The Morgan fingerprint density at radius 1 is 1.17 bits per heavy atom. The summed E-state index contributed by atoms with van der Waals surface area (Å²) in [6.45, 7) is 6.67. The molecule has 126 valence electrons. The molecular weight excluding hydrogens is 390 g/mol. The van der Waals surface area contributed by atoms with Crippen LogP contribution >= 0.6 is 27.3 Å². The van der Waals surface area contributed by atoms with Gasteiger partial charge in [0.15, 0.2) is 0 Å². The Bertz CT molecular complexity index is 848. The summed E-state index contributed by atoms with van der Waals surface area (Å²) in [5, 5.41) is 0. The first kappa shape index (κ1) is 17.0. The van der Waals surface area contributed by atoms with Crippen LogP contribution in [0.2, 0.25) is 0 Å². The molecule has 0 N–H and O–H groups in total. The van der Waals surface area contributed by atoms with E-state index in [1.807, 2.05) is 26.0 Å². The maximum absolute atomic E-state index is 13.1. The molecule has 4 nitrogen and oxygen atoms in total. The molecule has 0 fully saturated rings. The summed E-state index contributed by atoms with van der Waals surface area (Å²) in [5.74, 6) is 2.02. The Labute approximate surface area is 153 Å². The molecule has 3 rings (SSSR count). The van der Waals surface area contributed by atoms with Gasteiger partial charge in [0.2, 0.25) is 0 Å². The number of halogens is 1. The fourth-order valence-electron chi connectivity index (χ4n) is 2.61. The van der Waals surface area contributed by atoms with E-state index < -0.39 is 0 Å². The van der Waals surface area contributed by atoms with Crippen molar-refractivity contribution in [1.82, 2.24) is 4.90 Å². The highest BCUT2D eigenvalue weighted by atomic mass is 79.9. The molecule has 0 saturated heterocycles. The molecule has 0 aromatic carbocycles. The zero-order valence-corrected chi connectivity index (χ0v) is 16.2. The van der Waals surface area contributed by atoms with Crippen molar-refractivity contribution in [2.45, 2.75) is 33.9 Å². The van der Waals surface area contributed by atoms with Crippen molar-refractivity contribution in [3.8, 4) is 0 Å². The first-order valence-corrected chi connectivity index (χ1v) is 9.19. The van der Waals surface area contributed by atoms with Crippen LogP contribution in [0.1, 0.15) is 37.4 Å². The SMILES string of the molecule is Cc1ccc(CN(Cc2ccco2)C(=O)c2c(C)oc(C)c2Br)s1. The number of hydrogen-bond acceptors (Lipinski definition) is 4. The lowest BCUT2D eigenvalue weighted by molar-refractivity contribution is 0.0717. The van der Waals surface area contributed by atoms with Crippen LogP contribution in [-0.4, -0.2) is 10.8 Å². The van der Waals surface area contributed by atoms with Gasteiger partial charge in [-0.3, -0.25) is 4.79 Å². The predicted molar refractivity (Wildman–Crippen MR) is 97.2 cm³/mol. The van der Waals surface area contributed by atoms with Gasteiger partial charge in [-0.1, -0.05) is 0 Å². The number of rotatable bonds is 5. The van der Waals surface area contributed by atoms with Crippen molar-refractivity contribution in [2.75, 3.05) is 0 Å². The highest BCUT2D eigenvalue weighted by molar-refractivity contribution is 9.10. The Morgan fingerprint density at radius 2 is 1.96 bits per heavy atom. The molecule has 1 amide bonds. The topological polar surface area (TPSA) is 46.6 Å². The fourth-order valence-corrected chi connectivity index (χ4v) is 4.04. The van der Waals surface area contributed by atoms with Gasteiger partial charge in [0, 0.05) is 9.75 Å². The number of nitrogens with zero attached hydrogens (tertiary/aromatic N) is 1. The average molecular weight is 408 g/mol. The number of furan rings is 2. The minimum atomic E-state index is -0.0707. The van der Waals surface area contributed by atoms with E-state index in [2.05, 4.69) is 35.0 Å². The number of carbonyl (C=O) groups excluding carboxylic acids is 1. The number of aryl methyl sites for hydroxylation is 3. The Balaban J connectivity index is 1.92. The number of hydrogen-bond donors (Lipinski definition) is 0. The summed E-state index contributed by atoms with van der Waals surface area (Å²) in [6, 6.07) is 7.84. The molecule has 0 unspecified atom stereocenters. The average Bonchev–Trinajstić information content (AvgIpc) is 3.22. The van der Waals surface area contributed by atoms with E-state index in [-0.39, 0.29) is 5.91 Å². The Kier molecular flexibility index (Phi) is 4.96. The summed E-state index contributed by atoms with van der Waals surface area (Å²) in [5.41, 5.74) is 0.576. The predicted octanol–water partition coefficient (Wildman–Crippen LogP) is 5.46. The van der Waals surface area contributed by atoms with E-state index in [9.17, 15) is 4.79 Å². The van der Waals surface area contributed by atoms with Crippen LogP contribution in [-0.2, 0) is 13.1 Å². The molecule has 0 radical (unpaired) electrons. The van der Waals surface area contributed by atoms with Gasteiger partial charge in [-0.25, -0.2) is 0 Å². The summed E-state index contributed by atoms with van der Waals surface area (Å²) in [4.78, 5) is 17.3. The van der Waals surface area contributed by atoms with Crippen molar-refractivity contribution in [2.24, 2.45) is 0 Å². The minimum Gasteiger partial charge on any atom is -0.467 e. The third kappa shape index (κ3) is 3.49. The van der Waals surface area contributed by atoms with Gasteiger partial charge < -0.3 is 13.7 Å². The molecule has 0 aliphatic carbocycles. The molecule has 6 heteroatoms. The van der Waals surface area contributed by atoms with Gasteiger partial charge in [-0.2, -0.15) is 0 Å². The molecule has 3 aromatic heterocycles. The number of carbonyl (C=O) groups is 1. The molecule has 3 aromatic rings. The lowest BCUT2D eigenvalue weighted by atomic mass is 10.2. The van der Waals surface area contributed by atoms with E-state index >= 15 is 0 Å². The van der Waals surface area contributed by atoms with Crippen molar-refractivity contribution in [3.63, 3.8) is 0 Å². The fraction of sp³-hybridized carbons (Fsp3) is 0.278. The molecule has 0 aliphatic heterocycles. The first-order chi connectivity index (χ1) is 11.5. The summed E-state index contributed by atoms with van der Waals surface area (Å²) in [7, 11) is 0. The second-order valence-electron chi connectivity index (χ2n) is 5.66. The van der Waals surface area contributed by atoms with Crippen molar-refractivity contribution >= 4 is 33.2 Å². The highest BCUT2D eigenvalue weighted by Crippen LogP contribution is 2.30. The second kappa shape index (κ2) is 6.99. The number of amides is 1. The van der Waals surface area contributed by atoms with Crippen LogP contribution < -0.4 is 0 Å². The van der Waals surface area contributed by atoms with Crippen LogP contribution in [0, 0.1) is 20.8 Å². The van der Waals surface area contributed by atoms with Gasteiger partial charge in [0.05, 0.1) is 29.4 Å². The van der Waals surface area contributed by atoms with Crippen molar-refractivity contribution in [1.29, 1.82) is 0 Å². The minimum absolute atomic E-state index is 0.0707. The van der Waals surface area contributed by atoms with Gasteiger partial charge in [-0.15, -0.1) is 11.3 Å². The molecular formula is C18H18BrNO3S. The zero-order chi connectivity index (χ0) is 17.3. The quantitative estimate of drug-likeness (QED) is 0.563. The monoisotopic (exact) mass is 407 g/mol. The molecule has 0 saturated carbocycles. The standard InChI is InChI=1S/C18H18BrNO3S/c1-11-6-7-15(24-11)10-20(9-14-5-4-8-22-14)18(21)16-12(2)23-13(3)17(16)19/h4-8H,9-10H2,1-3H3. The molecule has 0 bridgehead atoms. The van der Waals surface area contributed by atoms with Crippen molar-refractivity contribution < 1.29 is 13.6 Å². The largest absolute Gasteiger partial charge is 0.467 e. The van der Waals surface area contributed by atoms with Crippen LogP contribution in [0.15, 0.2) is 43.8 Å². The van der Waals surface area contributed by atoms with Crippen LogP contribution in [0.3, 0.4) is 0 Å². The molecule has 24 heavy (non-hydrogen) atoms. The van der Waals surface area contributed by atoms with E-state index in [1.165, 1.54) is 4.88 Å². The van der Waals surface area contributed by atoms with Crippen LogP contribution in [0.4, 0.5) is 0 Å². The maximum Gasteiger partial charge on any atom is 0.259 e. The summed E-state index contributed by atoms with van der Waals surface area (Å²) >= 11 is 5.17. The second-order valence-corrected chi connectivity index (χ2v) is 7.82. The summed E-state index contributed by atoms with van der Waals surface area (Å²) < 4.78 is 11.7. The Morgan fingerprint density at radius 3 is 2.50 bits per heavy atom.